The molecule has 2 heterocycles. The van der Waals surface area contributed by atoms with Crippen molar-refractivity contribution < 1.29 is 23.5 Å². The molecule has 28 heavy (non-hydrogen) atoms. The molecule has 1 aromatic carbocycles. The van der Waals surface area contributed by atoms with E-state index in [-0.39, 0.29) is 23.6 Å². The van der Waals surface area contributed by atoms with Crippen molar-refractivity contribution in [2.24, 2.45) is 0 Å². The number of hydrogen-bond acceptors (Lipinski definition) is 5. The zero-order valence-corrected chi connectivity index (χ0v) is 18.5. The molecule has 2 aliphatic heterocycles. The molecule has 0 aliphatic carbocycles. The second kappa shape index (κ2) is 7.61. The summed E-state index contributed by atoms with van der Waals surface area (Å²) in [7, 11) is -1.91. The summed E-state index contributed by atoms with van der Waals surface area (Å²) in [5.74, 6) is -2.20. The van der Waals surface area contributed by atoms with Crippen LogP contribution in [0.15, 0.2) is 30.3 Å². The second-order valence-corrected chi connectivity index (χ2v) is 14.0. The molecule has 0 aromatic heterocycles. The van der Waals surface area contributed by atoms with Gasteiger partial charge in [0.15, 0.2) is 8.32 Å². The van der Waals surface area contributed by atoms with E-state index in [1.165, 1.54) is 4.90 Å². The first kappa shape index (κ1) is 21.0. The number of amides is 1. The average Bonchev–Trinajstić information content (AvgIpc) is 3.01. The summed E-state index contributed by atoms with van der Waals surface area (Å²) in [6.45, 7) is 11.7. The van der Waals surface area contributed by atoms with Crippen molar-refractivity contribution in [2.75, 3.05) is 13.2 Å². The third kappa shape index (κ3) is 4.31. The number of morpholine rings is 1. The summed E-state index contributed by atoms with van der Waals surface area (Å²) in [6.07, 6.45) is 0.754. The Bertz CT molecular complexity index is 730. The van der Waals surface area contributed by atoms with Crippen LogP contribution in [-0.4, -0.2) is 50.1 Å². The SMILES string of the molecule is CC(C)(C)[Si](C)(C)OC[C@@H]1CC[C@@]2(OC(=O)CN(Cc3ccccc3)C2=O)O1. The number of ether oxygens (including phenoxy) is 2. The molecule has 3 rings (SSSR count). The minimum absolute atomic E-state index is 0.0516. The predicted molar refractivity (Wildman–Crippen MR) is 108 cm³/mol. The molecule has 2 saturated heterocycles. The van der Waals surface area contributed by atoms with Gasteiger partial charge >= 0.3 is 5.97 Å². The van der Waals surface area contributed by atoms with Crippen LogP contribution in [0.1, 0.15) is 39.2 Å². The summed E-state index contributed by atoms with van der Waals surface area (Å²) >= 11 is 0. The van der Waals surface area contributed by atoms with E-state index in [9.17, 15) is 9.59 Å². The molecule has 1 amide bonds. The van der Waals surface area contributed by atoms with Crippen LogP contribution in [-0.2, 0) is 30.0 Å². The molecule has 0 unspecified atom stereocenters. The number of hydrogen-bond donors (Lipinski definition) is 0. The number of nitrogens with zero attached hydrogens (tertiary/aromatic N) is 1. The molecule has 2 atom stereocenters. The lowest BCUT2D eigenvalue weighted by atomic mass is 10.1. The van der Waals surface area contributed by atoms with Gasteiger partial charge in [-0.2, -0.15) is 0 Å². The van der Waals surface area contributed by atoms with E-state index < -0.39 is 20.1 Å². The zero-order valence-electron chi connectivity index (χ0n) is 17.5. The Balaban J connectivity index is 1.66. The fraction of sp³-hybridized carbons (Fsp3) is 0.619. The van der Waals surface area contributed by atoms with Gasteiger partial charge < -0.3 is 18.8 Å². The van der Waals surface area contributed by atoms with Gasteiger partial charge in [-0.25, -0.2) is 0 Å². The lowest BCUT2D eigenvalue weighted by Gasteiger charge is -2.39. The molecular formula is C21H31NO5Si. The van der Waals surface area contributed by atoms with Crippen molar-refractivity contribution in [3.63, 3.8) is 0 Å². The van der Waals surface area contributed by atoms with E-state index >= 15 is 0 Å². The van der Waals surface area contributed by atoms with E-state index in [0.717, 1.165) is 5.56 Å². The maximum atomic E-state index is 13.1. The lowest BCUT2D eigenvalue weighted by Crippen LogP contribution is -2.58. The van der Waals surface area contributed by atoms with E-state index in [4.69, 9.17) is 13.9 Å². The molecule has 0 saturated carbocycles. The molecule has 6 nitrogen and oxygen atoms in total. The van der Waals surface area contributed by atoms with Crippen LogP contribution in [0.2, 0.25) is 18.1 Å². The van der Waals surface area contributed by atoms with Gasteiger partial charge in [-0.05, 0) is 30.1 Å². The van der Waals surface area contributed by atoms with Crippen LogP contribution in [0.25, 0.3) is 0 Å². The van der Waals surface area contributed by atoms with Crippen molar-refractivity contribution in [3.05, 3.63) is 35.9 Å². The molecule has 7 heteroatoms. The minimum atomic E-state index is -1.91. The molecule has 0 radical (unpaired) electrons. The second-order valence-electron chi connectivity index (χ2n) is 9.22. The van der Waals surface area contributed by atoms with Crippen molar-refractivity contribution in [2.45, 2.75) is 70.2 Å². The number of esters is 1. The van der Waals surface area contributed by atoms with Gasteiger partial charge in [-0.15, -0.1) is 0 Å². The van der Waals surface area contributed by atoms with Gasteiger partial charge in [0.25, 0.3) is 11.7 Å². The summed E-state index contributed by atoms with van der Waals surface area (Å²) in [6, 6.07) is 9.62. The zero-order chi connectivity index (χ0) is 20.6. The first-order chi connectivity index (χ1) is 13.0. The molecule has 1 aromatic rings. The maximum absolute atomic E-state index is 13.1. The molecule has 1 spiro atoms. The smallest absolute Gasteiger partial charge is 0.328 e. The Hall–Kier alpha value is -1.70. The predicted octanol–water partition coefficient (Wildman–Crippen LogP) is 3.47. The summed E-state index contributed by atoms with van der Waals surface area (Å²) in [4.78, 5) is 26.8. The standard InChI is InChI=1S/C21H31NO5Si/c1-20(2,3)28(4,5)25-15-17-11-12-21(26-17)19(24)22(14-18(23)27-21)13-16-9-7-6-8-10-16/h6-10,17H,11-15H2,1-5H3/t17-,21-/m0/s1. The molecule has 0 N–H and O–H groups in total. The van der Waals surface area contributed by atoms with Gasteiger partial charge in [0, 0.05) is 13.0 Å². The van der Waals surface area contributed by atoms with Crippen molar-refractivity contribution in [3.8, 4) is 0 Å². The van der Waals surface area contributed by atoms with Gasteiger partial charge in [0.05, 0.1) is 12.7 Å². The topological polar surface area (TPSA) is 65.1 Å². The monoisotopic (exact) mass is 405 g/mol. The Morgan fingerprint density at radius 2 is 1.89 bits per heavy atom. The van der Waals surface area contributed by atoms with Crippen molar-refractivity contribution >= 4 is 20.2 Å². The van der Waals surface area contributed by atoms with E-state index in [1.54, 1.807) is 0 Å². The Kier molecular flexibility index (Phi) is 5.71. The number of carbonyl (C=O) groups excluding carboxylic acids is 2. The maximum Gasteiger partial charge on any atom is 0.328 e. The lowest BCUT2D eigenvalue weighted by molar-refractivity contribution is -0.242. The van der Waals surface area contributed by atoms with Crippen LogP contribution in [0.4, 0.5) is 0 Å². The number of rotatable bonds is 5. The fourth-order valence-electron chi connectivity index (χ4n) is 3.27. The highest BCUT2D eigenvalue weighted by atomic mass is 28.4. The van der Waals surface area contributed by atoms with E-state index in [1.807, 2.05) is 30.3 Å². The first-order valence-corrected chi connectivity index (χ1v) is 12.8. The molecule has 0 bridgehead atoms. The first-order valence-electron chi connectivity index (χ1n) is 9.89. The van der Waals surface area contributed by atoms with Gasteiger partial charge in [-0.3, -0.25) is 9.59 Å². The molecular weight excluding hydrogens is 374 g/mol. The van der Waals surface area contributed by atoms with Gasteiger partial charge in [0.2, 0.25) is 0 Å². The van der Waals surface area contributed by atoms with Crippen LogP contribution in [0.3, 0.4) is 0 Å². The Morgan fingerprint density at radius 1 is 1.21 bits per heavy atom. The van der Waals surface area contributed by atoms with Gasteiger partial charge in [-0.1, -0.05) is 51.1 Å². The van der Waals surface area contributed by atoms with E-state index in [0.29, 0.717) is 26.0 Å². The molecule has 154 valence electrons. The molecule has 2 aliphatic rings. The number of benzene rings is 1. The van der Waals surface area contributed by atoms with Gasteiger partial charge in [0.1, 0.15) is 6.54 Å². The van der Waals surface area contributed by atoms with Crippen LogP contribution in [0.5, 0.6) is 0 Å². The largest absolute Gasteiger partial charge is 0.422 e. The highest BCUT2D eigenvalue weighted by Gasteiger charge is 2.55. The van der Waals surface area contributed by atoms with Crippen LogP contribution >= 0.6 is 0 Å². The molecule has 2 fully saturated rings. The van der Waals surface area contributed by atoms with Crippen molar-refractivity contribution in [1.82, 2.24) is 4.90 Å². The third-order valence-electron chi connectivity index (χ3n) is 6.02. The quantitative estimate of drug-likeness (QED) is 0.554. The Labute approximate surface area is 168 Å². The van der Waals surface area contributed by atoms with Crippen LogP contribution < -0.4 is 0 Å². The minimum Gasteiger partial charge on any atom is -0.422 e. The highest BCUT2D eigenvalue weighted by Crippen LogP contribution is 2.39. The normalized spacial score (nSPS) is 26.0. The summed E-state index contributed by atoms with van der Waals surface area (Å²) in [5.41, 5.74) is 0.969. The number of carbonyl (C=O) groups is 2. The highest BCUT2D eigenvalue weighted by molar-refractivity contribution is 6.74. The average molecular weight is 406 g/mol. The fourth-order valence-corrected chi connectivity index (χ4v) is 4.30. The van der Waals surface area contributed by atoms with E-state index in [2.05, 4.69) is 33.9 Å². The Morgan fingerprint density at radius 3 is 2.54 bits per heavy atom. The third-order valence-corrected chi connectivity index (χ3v) is 10.5. The summed E-state index contributed by atoms with van der Waals surface area (Å²) < 4.78 is 17.7. The van der Waals surface area contributed by atoms with Crippen LogP contribution in [0, 0.1) is 0 Å². The summed E-state index contributed by atoms with van der Waals surface area (Å²) in [5, 5.41) is 0.100. The van der Waals surface area contributed by atoms with Crippen molar-refractivity contribution in [1.29, 1.82) is 0 Å².